The Labute approximate surface area is 71.7 Å². The zero-order valence-electron chi connectivity index (χ0n) is 5.84. The Morgan fingerprint density at radius 2 is 2.36 bits per heavy atom. The average molecular weight is 219 g/mol. The number of halogens is 1. The quantitative estimate of drug-likeness (QED) is 0.691. The van der Waals surface area contributed by atoms with Crippen molar-refractivity contribution in [1.82, 2.24) is 4.68 Å². The summed E-state index contributed by atoms with van der Waals surface area (Å²) in [5.41, 5.74) is 0.747. The van der Waals surface area contributed by atoms with Gasteiger partial charge in [-0.1, -0.05) is 0 Å². The average Bonchev–Trinajstić information content (AvgIpc) is 2.07. The van der Waals surface area contributed by atoms with Crippen LogP contribution >= 0.6 is 15.9 Å². The summed E-state index contributed by atoms with van der Waals surface area (Å²) < 4.78 is 1.79. The van der Waals surface area contributed by atoms with Gasteiger partial charge in [-0.3, -0.25) is 4.68 Å². The van der Waals surface area contributed by atoms with Crippen molar-refractivity contribution in [2.24, 2.45) is 0 Å². The molecule has 4 nitrogen and oxygen atoms in total. The van der Waals surface area contributed by atoms with Crippen molar-refractivity contribution in [3.05, 3.63) is 21.9 Å². The Bertz CT molecular complexity index is 306. The summed E-state index contributed by atoms with van der Waals surface area (Å²) in [4.78, 5) is 10.5. The van der Waals surface area contributed by atoms with E-state index in [9.17, 15) is 4.79 Å². The van der Waals surface area contributed by atoms with E-state index in [4.69, 9.17) is 10.9 Å². The van der Waals surface area contributed by atoms with Gasteiger partial charge >= 0.3 is 5.97 Å². The summed E-state index contributed by atoms with van der Waals surface area (Å²) in [7, 11) is 0. The smallest absolute Gasteiger partial charge is 0.354 e. The first-order chi connectivity index (χ1) is 5.04. The van der Waals surface area contributed by atoms with Gasteiger partial charge in [0.25, 0.3) is 0 Å². The summed E-state index contributed by atoms with van der Waals surface area (Å²) in [6, 6.07) is 0. The molecule has 1 aromatic rings. The van der Waals surface area contributed by atoms with Gasteiger partial charge in [0.15, 0.2) is 5.69 Å². The molecule has 0 saturated carbocycles. The van der Waals surface area contributed by atoms with Crippen LogP contribution in [0.1, 0.15) is 16.1 Å². The van der Waals surface area contributed by atoms with E-state index in [1.54, 1.807) is 6.92 Å². The van der Waals surface area contributed by atoms with Crippen LogP contribution in [-0.2, 0) is 0 Å². The predicted octanol–water partition coefficient (Wildman–Crippen LogP) is 0.971. The number of rotatable bonds is 1. The van der Waals surface area contributed by atoms with Crippen LogP contribution in [0.25, 0.3) is 0 Å². The molecular formula is C6H7BrN2O2. The van der Waals surface area contributed by atoms with Crippen molar-refractivity contribution >= 4 is 21.9 Å². The van der Waals surface area contributed by atoms with Gasteiger partial charge in [0.1, 0.15) is 0 Å². The Hall–Kier alpha value is -0.970. The largest absolute Gasteiger partial charge is 0.477 e. The monoisotopic (exact) mass is 218 g/mol. The van der Waals surface area contributed by atoms with Crippen LogP contribution in [-0.4, -0.2) is 15.8 Å². The minimum absolute atomic E-state index is 0.108. The topological polar surface area (TPSA) is 68.2 Å². The molecule has 0 fully saturated rings. The number of nitrogens with zero attached hydrogens (tertiary/aromatic N) is 1. The van der Waals surface area contributed by atoms with Crippen molar-refractivity contribution < 1.29 is 9.90 Å². The molecule has 0 aromatic carbocycles. The molecule has 0 amide bonds. The molecule has 1 aromatic heterocycles. The number of carboxylic acids is 1. The molecule has 60 valence electrons. The number of carboxylic acid groups (broad SMARTS) is 1. The molecular weight excluding hydrogens is 212 g/mol. The zero-order valence-corrected chi connectivity index (χ0v) is 7.42. The fourth-order valence-corrected chi connectivity index (χ4v) is 1.27. The third kappa shape index (κ3) is 1.23. The third-order valence-corrected chi connectivity index (χ3v) is 2.23. The SMILES string of the molecule is Cc1c(Br)cn(N)c1C(=O)O. The van der Waals surface area contributed by atoms with Crippen LogP contribution in [0, 0.1) is 6.92 Å². The number of aromatic carboxylic acids is 1. The Morgan fingerprint density at radius 3 is 2.55 bits per heavy atom. The zero-order chi connectivity index (χ0) is 8.59. The van der Waals surface area contributed by atoms with Gasteiger partial charge in [0.2, 0.25) is 0 Å². The Kier molecular flexibility index (Phi) is 1.90. The minimum Gasteiger partial charge on any atom is -0.477 e. The van der Waals surface area contributed by atoms with E-state index in [1.807, 2.05) is 0 Å². The maximum absolute atomic E-state index is 10.5. The second kappa shape index (κ2) is 2.58. The van der Waals surface area contributed by atoms with Gasteiger partial charge in [0.05, 0.1) is 0 Å². The molecule has 0 spiro atoms. The standard InChI is InChI=1S/C6H7BrN2O2/c1-3-4(7)2-9(8)5(3)6(10)11/h2H,8H2,1H3,(H,10,11). The maximum atomic E-state index is 10.5. The van der Waals surface area contributed by atoms with Crippen LogP contribution in [0.2, 0.25) is 0 Å². The van der Waals surface area contributed by atoms with Gasteiger partial charge in [-0.05, 0) is 28.4 Å². The maximum Gasteiger partial charge on any atom is 0.354 e. The van der Waals surface area contributed by atoms with E-state index in [-0.39, 0.29) is 5.69 Å². The summed E-state index contributed by atoms with van der Waals surface area (Å²) in [5, 5.41) is 8.64. The molecule has 3 N–H and O–H groups in total. The Balaban J connectivity index is 3.34. The molecule has 0 atom stereocenters. The van der Waals surface area contributed by atoms with E-state index < -0.39 is 5.97 Å². The first-order valence-electron chi connectivity index (χ1n) is 2.90. The van der Waals surface area contributed by atoms with Crippen molar-refractivity contribution in [2.75, 3.05) is 5.84 Å². The molecule has 11 heavy (non-hydrogen) atoms. The number of nitrogens with two attached hydrogens (primary N) is 1. The fraction of sp³-hybridized carbons (Fsp3) is 0.167. The number of nitrogen functional groups attached to an aromatic ring is 1. The van der Waals surface area contributed by atoms with E-state index in [2.05, 4.69) is 15.9 Å². The lowest BCUT2D eigenvalue weighted by atomic mass is 10.3. The van der Waals surface area contributed by atoms with Gasteiger partial charge in [-0.25, -0.2) is 4.79 Å². The highest BCUT2D eigenvalue weighted by atomic mass is 79.9. The lowest BCUT2D eigenvalue weighted by molar-refractivity contribution is 0.0686. The number of carbonyl (C=O) groups is 1. The molecule has 0 aliphatic rings. The fourth-order valence-electron chi connectivity index (χ4n) is 0.861. The van der Waals surface area contributed by atoms with Crippen LogP contribution in [0.3, 0.4) is 0 Å². The minimum atomic E-state index is -1.02. The molecule has 0 radical (unpaired) electrons. The van der Waals surface area contributed by atoms with E-state index in [0.717, 1.165) is 4.68 Å². The normalized spacial score (nSPS) is 10.0. The summed E-state index contributed by atoms with van der Waals surface area (Å²) in [6.07, 6.45) is 1.51. The van der Waals surface area contributed by atoms with Gasteiger partial charge in [-0.2, -0.15) is 0 Å². The number of hydrogen-bond donors (Lipinski definition) is 2. The first kappa shape index (κ1) is 8.13. The summed E-state index contributed by atoms with van der Waals surface area (Å²) in [6.45, 7) is 1.69. The van der Waals surface area contributed by atoms with Crippen molar-refractivity contribution in [3.63, 3.8) is 0 Å². The third-order valence-electron chi connectivity index (χ3n) is 1.43. The van der Waals surface area contributed by atoms with Crippen molar-refractivity contribution in [2.45, 2.75) is 6.92 Å². The van der Waals surface area contributed by atoms with Crippen molar-refractivity contribution in [3.8, 4) is 0 Å². The predicted molar refractivity (Wildman–Crippen MR) is 44.0 cm³/mol. The molecule has 0 aliphatic heterocycles. The van der Waals surface area contributed by atoms with Gasteiger partial charge in [0, 0.05) is 10.7 Å². The molecule has 5 heteroatoms. The van der Waals surface area contributed by atoms with Gasteiger partial charge in [-0.15, -0.1) is 0 Å². The Morgan fingerprint density at radius 1 is 1.82 bits per heavy atom. The summed E-state index contributed by atoms with van der Waals surface area (Å²) in [5.74, 6) is 4.33. The van der Waals surface area contributed by atoms with E-state index in [1.165, 1.54) is 6.20 Å². The van der Waals surface area contributed by atoms with Crippen LogP contribution in [0.5, 0.6) is 0 Å². The number of aromatic nitrogens is 1. The van der Waals surface area contributed by atoms with Crippen LogP contribution in [0.4, 0.5) is 0 Å². The lowest BCUT2D eigenvalue weighted by Gasteiger charge is -1.96. The lowest BCUT2D eigenvalue weighted by Crippen LogP contribution is -2.15. The molecule has 0 bridgehead atoms. The number of hydrogen-bond acceptors (Lipinski definition) is 2. The van der Waals surface area contributed by atoms with Crippen LogP contribution in [0.15, 0.2) is 10.7 Å². The second-order valence-electron chi connectivity index (χ2n) is 2.16. The first-order valence-corrected chi connectivity index (χ1v) is 3.69. The second-order valence-corrected chi connectivity index (χ2v) is 3.02. The summed E-state index contributed by atoms with van der Waals surface area (Å²) >= 11 is 3.17. The van der Waals surface area contributed by atoms with Crippen LogP contribution < -0.4 is 5.84 Å². The molecule has 0 saturated heterocycles. The van der Waals surface area contributed by atoms with E-state index in [0.29, 0.717) is 10.0 Å². The highest BCUT2D eigenvalue weighted by Crippen LogP contribution is 2.19. The highest BCUT2D eigenvalue weighted by Gasteiger charge is 2.14. The molecule has 1 heterocycles. The highest BCUT2D eigenvalue weighted by molar-refractivity contribution is 9.10. The van der Waals surface area contributed by atoms with Crippen molar-refractivity contribution in [1.29, 1.82) is 0 Å². The van der Waals surface area contributed by atoms with Gasteiger partial charge < -0.3 is 10.9 Å². The molecule has 0 unspecified atom stereocenters. The molecule has 0 aliphatic carbocycles. The molecule has 1 rings (SSSR count). The van der Waals surface area contributed by atoms with E-state index >= 15 is 0 Å².